The van der Waals surface area contributed by atoms with Gasteiger partial charge in [-0.2, -0.15) is 0 Å². The molecule has 0 bridgehead atoms. The standard InChI is InChI=1S/Ca.Fe.Mg.H3Si.4H/h;;;1H3;;;;. The molecular formula is H7CaFeMgSi. The minimum absolute atomic E-state index is 0. The Balaban J connectivity index is -0.00000000500. The molecule has 0 atom stereocenters. The van der Waals surface area contributed by atoms with Crippen LogP contribution in [0, 0.1) is 0 Å². The van der Waals surface area contributed by atoms with Gasteiger partial charge in [0.25, 0.3) is 0 Å². The molecule has 0 saturated carbocycles. The normalized spacial score (nSPS) is 2.25. The fourth-order valence-electron chi connectivity index (χ4n) is 0. The second-order valence-corrected chi connectivity index (χ2v) is 0. The third-order valence-corrected chi connectivity index (χ3v) is 0. The van der Waals surface area contributed by atoms with Crippen LogP contribution in [0.5, 0.6) is 0 Å². The zero-order chi connectivity index (χ0) is 2.00. The molecule has 0 N–H and O–H groups in total. The van der Waals surface area contributed by atoms with Crippen LogP contribution in [0.3, 0.4) is 0 Å². The van der Waals surface area contributed by atoms with Crippen LogP contribution in [-0.2, 0) is 15.4 Å². The van der Waals surface area contributed by atoms with Gasteiger partial charge in [-0.1, -0.05) is 0 Å². The first-order valence-corrected chi connectivity index (χ1v) is 4.37. The van der Waals surface area contributed by atoms with E-state index >= 15 is 0 Å². The Morgan fingerprint density at radius 1 is 1.25 bits per heavy atom. The second kappa shape index (κ2) is 17.1. The predicted molar refractivity (Wildman–Crippen MR) is 27.0 cm³/mol. The van der Waals surface area contributed by atoms with E-state index in [1.807, 2.05) is 0 Å². The van der Waals surface area contributed by atoms with Gasteiger partial charge in [-0.25, -0.2) is 0 Å². The molecule has 0 fully saturated rings. The van der Waals surface area contributed by atoms with Gasteiger partial charge in [0.15, 0.2) is 0 Å². The fraction of sp³-hybridized carbons (Fsp3) is 0. The van der Waals surface area contributed by atoms with Gasteiger partial charge in [0.05, 0.1) is 0 Å². The third-order valence-electron chi connectivity index (χ3n) is 0. The summed E-state index contributed by atoms with van der Waals surface area (Å²) in [6.45, 7) is 0. The molecule has 4 heteroatoms. The van der Waals surface area contributed by atoms with Crippen molar-refractivity contribution in [2.75, 3.05) is 0 Å². The maximum absolute atomic E-state index is 3.39. The molecule has 0 heterocycles. The molecule has 0 amide bonds. The molecule has 0 aliphatic carbocycles. The summed E-state index contributed by atoms with van der Waals surface area (Å²) in [6.07, 6.45) is 0. The van der Waals surface area contributed by atoms with Gasteiger partial charge in [0.2, 0.25) is 0 Å². The molecule has 23 valence electrons. The first-order valence-electron chi connectivity index (χ1n) is 0.354. The Kier molecular flexibility index (Phi) is 67.9. The molecule has 0 unspecified atom stereocenters. The molecular weight excluding hydrogens is 148 g/mol. The summed E-state index contributed by atoms with van der Waals surface area (Å²) in [6, 6.07) is 0. The second-order valence-electron chi connectivity index (χ2n) is 0. The predicted octanol–water partition coefficient (Wildman–Crippen LogP) is -3.02. The SMILES string of the molecule is [CaH2].[MgH2].[SiH3][Fe]. The molecule has 0 aromatic carbocycles. The van der Waals surface area contributed by atoms with Crippen LogP contribution in [-0.4, -0.2) is 69.6 Å². The van der Waals surface area contributed by atoms with E-state index in [9.17, 15) is 0 Å². The first kappa shape index (κ1) is 15.9. The van der Waals surface area contributed by atoms with Crippen LogP contribution < -0.4 is 0 Å². The van der Waals surface area contributed by atoms with Gasteiger partial charge in [-0.05, 0) is 0 Å². The Morgan fingerprint density at radius 2 is 1.25 bits per heavy atom. The molecule has 0 aromatic rings. The van der Waals surface area contributed by atoms with E-state index in [1.54, 1.807) is 0 Å². The van der Waals surface area contributed by atoms with Gasteiger partial charge in [0.1, 0.15) is 0 Å². The molecule has 0 spiro atoms. The Morgan fingerprint density at radius 3 is 1.25 bits per heavy atom. The van der Waals surface area contributed by atoms with Gasteiger partial charge in [0, 0.05) is 0 Å². The van der Waals surface area contributed by atoms with Crippen molar-refractivity contribution < 1.29 is 15.4 Å². The molecule has 0 aliphatic rings. The number of rotatable bonds is 0. The van der Waals surface area contributed by atoms with Crippen molar-refractivity contribution in [3.05, 3.63) is 0 Å². The first-order chi connectivity index (χ1) is 1.00. The van der Waals surface area contributed by atoms with E-state index in [0.717, 1.165) is 8.85 Å². The molecule has 0 radical (unpaired) electrons. The Hall–Kier alpha value is 2.76. The van der Waals surface area contributed by atoms with Crippen LogP contribution in [0.2, 0.25) is 0 Å². The fourth-order valence-corrected chi connectivity index (χ4v) is 0. The van der Waals surface area contributed by atoms with Gasteiger partial charge >= 0.3 is 85.0 Å². The quantitative estimate of drug-likeness (QED) is 0.327. The summed E-state index contributed by atoms with van der Waals surface area (Å²) < 4.78 is 0. The van der Waals surface area contributed by atoms with Crippen molar-refractivity contribution in [2.45, 2.75) is 0 Å². The zero-order valence-corrected chi connectivity index (χ0v) is 4.46. The van der Waals surface area contributed by atoms with E-state index in [1.165, 1.54) is 0 Å². The average molecular weight is 155 g/mol. The summed E-state index contributed by atoms with van der Waals surface area (Å²) in [7, 11) is 1.06. The van der Waals surface area contributed by atoms with Crippen LogP contribution >= 0.6 is 0 Å². The van der Waals surface area contributed by atoms with Crippen molar-refractivity contribution in [3.8, 4) is 0 Å². The minimum atomic E-state index is 0. The van der Waals surface area contributed by atoms with Gasteiger partial charge < -0.3 is 0 Å². The summed E-state index contributed by atoms with van der Waals surface area (Å²) in [4.78, 5) is 0. The molecule has 0 nitrogen and oxygen atoms in total. The van der Waals surface area contributed by atoms with Gasteiger partial charge in [-0.15, -0.1) is 0 Å². The van der Waals surface area contributed by atoms with Gasteiger partial charge in [-0.3, -0.25) is 0 Å². The van der Waals surface area contributed by atoms with E-state index in [4.69, 9.17) is 0 Å². The Bertz CT molecular complexity index is 8.00. The van der Waals surface area contributed by atoms with E-state index in [2.05, 4.69) is 15.4 Å². The average Bonchev–Trinajstić information content (AvgIpc) is 1.00. The topological polar surface area (TPSA) is 0 Å². The molecule has 0 aliphatic heterocycles. The van der Waals surface area contributed by atoms with Crippen LogP contribution in [0.1, 0.15) is 0 Å². The summed E-state index contributed by atoms with van der Waals surface area (Å²) in [5.74, 6) is 0. The van der Waals surface area contributed by atoms with Crippen molar-refractivity contribution >= 4 is 69.6 Å². The van der Waals surface area contributed by atoms with Crippen molar-refractivity contribution in [1.82, 2.24) is 0 Å². The van der Waals surface area contributed by atoms with E-state index < -0.39 is 0 Å². The van der Waals surface area contributed by atoms with Crippen LogP contribution in [0.4, 0.5) is 0 Å². The third kappa shape index (κ3) is 8.83. The number of hydrogen-bond donors (Lipinski definition) is 0. The van der Waals surface area contributed by atoms with Crippen LogP contribution in [0.15, 0.2) is 0 Å². The van der Waals surface area contributed by atoms with Crippen LogP contribution in [0.25, 0.3) is 0 Å². The summed E-state index contributed by atoms with van der Waals surface area (Å²) in [5.41, 5.74) is 0. The molecule has 0 aromatic heterocycles. The Labute approximate surface area is 83.3 Å². The number of hydrogen-bond acceptors (Lipinski definition) is 0. The molecule has 0 saturated heterocycles. The summed E-state index contributed by atoms with van der Waals surface area (Å²) in [5, 5.41) is 0. The maximum atomic E-state index is 3.39. The summed E-state index contributed by atoms with van der Waals surface area (Å²) >= 11 is 3.39. The zero-order valence-electron chi connectivity index (χ0n) is 1.35. The van der Waals surface area contributed by atoms with Crippen molar-refractivity contribution in [3.63, 3.8) is 0 Å². The van der Waals surface area contributed by atoms with Crippen molar-refractivity contribution in [2.24, 2.45) is 0 Å². The van der Waals surface area contributed by atoms with E-state index in [0.29, 0.717) is 0 Å². The van der Waals surface area contributed by atoms with E-state index in [-0.39, 0.29) is 60.8 Å². The monoisotopic (exact) mass is 155 g/mol. The molecule has 0 rings (SSSR count). The molecule has 4 heavy (non-hydrogen) atoms. The van der Waals surface area contributed by atoms with Crippen molar-refractivity contribution in [1.29, 1.82) is 0 Å².